The van der Waals surface area contributed by atoms with Crippen LogP contribution in [0, 0.1) is 11.3 Å². The van der Waals surface area contributed by atoms with Crippen molar-refractivity contribution in [1.82, 2.24) is 15.5 Å². The predicted octanol–water partition coefficient (Wildman–Crippen LogP) is -0.833. The number of amides is 1. The van der Waals surface area contributed by atoms with E-state index in [1.165, 1.54) is 0 Å². The first-order chi connectivity index (χ1) is 6.70. The van der Waals surface area contributed by atoms with Crippen LogP contribution in [0.2, 0.25) is 0 Å². The Morgan fingerprint density at radius 3 is 2.86 bits per heavy atom. The first-order valence-corrected chi connectivity index (χ1v) is 4.67. The summed E-state index contributed by atoms with van der Waals surface area (Å²) in [7, 11) is 3.79. The monoisotopic (exact) mass is 198 g/mol. The van der Waals surface area contributed by atoms with Crippen LogP contribution in [0.4, 0.5) is 0 Å². The lowest BCUT2D eigenvalue weighted by Crippen LogP contribution is -2.36. The van der Waals surface area contributed by atoms with Gasteiger partial charge in [-0.1, -0.05) is 0 Å². The van der Waals surface area contributed by atoms with Gasteiger partial charge in [-0.15, -0.1) is 0 Å². The highest BCUT2D eigenvalue weighted by atomic mass is 16.1. The molecule has 80 valence electrons. The van der Waals surface area contributed by atoms with Crippen LogP contribution in [-0.2, 0) is 4.79 Å². The predicted molar refractivity (Wildman–Crippen MR) is 54.7 cm³/mol. The molecule has 0 bridgehead atoms. The van der Waals surface area contributed by atoms with Crippen molar-refractivity contribution in [3.63, 3.8) is 0 Å². The zero-order chi connectivity index (χ0) is 10.8. The Bertz CT molecular complexity index is 199. The van der Waals surface area contributed by atoms with Gasteiger partial charge in [0.25, 0.3) is 0 Å². The maximum Gasteiger partial charge on any atom is 0.234 e. The van der Waals surface area contributed by atoms with Crippen LogP contribution < -0.4 is 10.6 Å². The second-order valence-corrected chi connectivity index (χ2v) is 3.13. The molecule has 0 fully saturated rings. The number of nitrogens with one attached hydrogen (secondary N) is 2. The molecule has 0 aromatic heterocycles. The molecule has 0 spiro atoms. The van der Waals surface area contributed by atoms with Gasteiger partial charge in [0.1, 0.15) is 6.54 Å². The van der Waals surface area contributed by atoms with E-state index < -0.39 is 0 Å². The second kappa shape index (κ2) is 8.48. The molecule has 5 heteroatoms. The SMILES string of the molecule is CNCCCN(C)CC(=O)NCC#N. The Kier molecular flexibility index (Phi) is 7.80. The van der Waals surface area contributed by atoms with Gasteiger partial charge >= 0.3 is 0 Å². The Hall–Kier alpha value is -1.12. The number of hydrogen-bond acceptors (Lipinski definition) is 4. The minimum atomic E-state index is -0.0986. The average Bonchev–Trinajstić information content (AvgIpc) is 2.15. The molecule has 0 heterocycles. The Balaban J connectivity index is 3.46. The van der Waals surface area contributed by atoms with Crippen molar-refractivity contribution in [1.29, 1.82) is 5.26 Å². The van der Waals surface area contributed by atoms with Crippen molar-refractivity contribution in [2.75, 3.05) is 40.3 Å². The fourth-order valence-electron chi connectivity index (χ4n) is 1.04. The summed E-state index contributed by atoms with van der Waals surface area (Å²) >= 11 is 0. The van der Waals surface area contributed by atoms with Crippen LogP contribution >= 0.6 is 0 Å². The summed E-state index contributed by atoms with van der Waals surface area (Å²) in [5, 5.41) is 13.8. The quantitative estimate of drug-likeness (QED) is 0.414. The van der Waals surface area contributed by atoms with E-state index in [1.807, 2.05) is 25.1 Å². The van der Waals surface area contributed by atoms with Crippen molar-refractivity contribution < 1.29 is 4.79 Å². The van der Waals surface area contributed by atoms with Crippen molar-refractivity contribution in [2.24, 2.45) is 0 Å². The topological polar surface area (TPSA) is 68.2 Å². The van der Waals surface area contributed by atoms with Gasteiger partial charge in [-0.3, -0.25) is 9.69 Å². The van der Waals surface area contributed by atoms with Crippen LogP contribution in [0.25, 0.3) is 0 Å². The van der Waals surface area contributed by atoms with Crippen LogP contribution in [0.3, 0.4) is 0 Å². The van der Waals surface area contributed by atoms with E-state index in [0.717, 1.165) is 19.5 Å². The van der Waals surface area contributed by atoms with E-state index >= 15 is 0 Å². The van der Waals surface area contributed by atoms with Gasteiger partial charge in [0.15, 0.2) is 0 Å². The molecule has 1 amide bonds. The number of nitriles is 1. The van der Waals surface area contributed by atoms with Crippen LogP contribution in [0.5, 0.6) is 0 Å². The maximum atomic E-state index is 11.1. The molecule has 0 aromatic carbocycles. The lowest BCUT2D eigenvalue weighted by Gasteiger charge is -2.15. The van der Waals surface area contributed by atoms with E-state index in [2.05, 4.69) is 10.6 Å². The van der Waals surface area contributed by atoms with Gasteiger partial charge in [-0.05, 0) is 33.6 Å². The number of rotatable bonds is 7. The molecule has 0 aromatic rings. The molecule has 0 rings (SSSR count). The van der Waals surface area contributed by atoms with Gasteiger partial charge in [0.05, 0.1) is 12.6 Å². The number of hydrogen-bond donors (Lipinski definition) is 2. The third-order valence-electron chi connectivity index (χ3n) is 1.74. The van der Waals surface area contributed by atoms with Gasteiger partial charge < -0.3 is 10.6 Å². The summed E-state index contributed by atoms with van der Waals surface area (Å²) in [6.45, 7) is 2.26. The third-order valence-corrected chi connectivity index (χ3v) is 1.74. The first-order valence-electron chi connectivity index (χ1n) is 4.67. The van der Waals surface area contributed by atoms with Crippen molar-refractivity contribution in [3.05, 3.63) is 0 Å². The fraction of sp³-hybridized carbons (Fsp3) is 0.778. The Morgan fingerprint density at radius 2 is 2.29 bits per heavy atom. The minimum absolute atomic E-state index is 0.0865. The van der Waals surface area contributed by atoms with Crippen LogP contribution in [0.15, 0.2) is 0 Å². The third kappa shape index (κ3) is 7.53. The van der Waals surface area contributed by atoms with Gasteiger partial charge in [-0.25, -0.2) is 0 Å². The molecule has 0 aliphatic rings. The molecule has 0 aliphatic heterocycles. The largest absolute Gasteiger partial charge is 0.342 e. The highest BCUT2D eigenvalue weighted by Crippen LogP contribution is 1.85. The highest BCUT2D eigenvalue weighted by molar-refractivity contribution is 5.78. The van der Waals surface area contributed by atoms with Crippen LogP contribution in [-0.4, -0.2) is 51.1 Å². The average molecular weight is 198 g/mol. The van der Waals surface area contributed by atoms with Crippen LogP contribution in [0.1, 0.15) is 6.42 Å². The zero-order valence-electron chi connectivity index (χ0n) is 8.84. The maximum absolute atomic E-state index is 11.1. The van der Waals surface area contributed by atoms with E-state index in [0.29, 0.717) is 6.54 Å². The molecule has 0 unspecified atom stereocenters. The van der Waals surface area contributed by atoms with Crippen molar-refractivity contribution in [2.45, 2.75) is 6.42 Å². The summed E-state index contributed by atoms with van der Waals surface area (Å²) in [6.07, 6.45) is 1.01. The lowest BCUT2D eigenvalue weighted by molar-refractivity contribution is -0.121. The van der Waals surface area contributed by atoms with Crippen molar-refractivity contribution in [3.8, 4) is 6.07 Å². The summed E-state index contributed by atoms with van der Waals surface area (Å²) in [4.78, 5) is 13.1. The summed E-state index contributed by atoms with van der Waals surface area (Å²) in [5.74, 6) is -0.0986. The number of likely N-dealkylation sites (N-methyl/N-ethyl adjacent to an activating group) is 1. The van der Waals surface area contributed by atoms with Gasteiger partial charge in [-0.2, -0.15) is 5.26 Å². The molecule has 0 radical (unpaired) electrons. The Morgan fingerprint density at radius 1 is 1.57 bits per heavy atom. The molecule has 14 heavy (non-hydrogen) atoms. The van der Waals surface area contributed by atoms with E-state index in [-0.39, 0.29) is 12.5 Å². The molecule has 0 saturated heterocycles. The van der Waals surface area contributed by atoms with Gasteiger partial charge in [0.2, 0.25) is 5.91 Å². The molecule has 2 N–H and O–H groups in total. The number of carbonyl (C=O) groups excluding carboxylic acids is 1. The first kappa shape index (κ1) is 12.9. The molecular weight excluding hydrogens is 180 g/mol. The fourth-order valence-corrected chi connectivity index (χ4v) is 1.04. The molecular formula is C9H18N4O. The zero-order valence-corrected chi connectivity index (χ0v) is 8.84. The number of nitrogens with zero attached hydrogens (tertiary/aromatic N) is 2. The molecule has 0 atom stereocenters. The Labute approximate surface area is 85.1 Å². The van der Waals surface area contributed by atoms with E-state index in [9.17, 15) is 4.79 Å². The highest BCUT2D eigenvalue weighted by Gasteiger charge is 2.04. The smallest absolute Gasteiger partial charge is 0.234 e. The van der Waals surface area contributed by atoms with E-state index in [4.69, 9.17) is 5.26 Å². The second-order valence-electron chi connectivity index (χ2n) is 3.13. The molecule has 5 nitrogen and oxygen atoms in total. The normalized spacial score (nSPS) is 9.86. The number of carbonyl (C=O) groups is 1. The summed E-state index contributed by atoms with van der Waals surface area (Å²) < 4.78 is 0. The molecule has 0 saturated carbocycles. The van der Waals surface area contributed by atoms with E-state index in [1.54, 1.807) is 0 Å². The minimum Gasteiger partial charge on any atom is -0.342 e. The summed E-state index contributed by atoms with van der Waals surface area (Å²) in [5.41, 5.74) is 0. The van der Waals surface area contributed by atoms with Gasteiger partial charge in [0, 0.05) is 0 Å². The molecule has 0 aliphatic carbocycles. The standard InChI is InChI=1S/C9H18N4O/c1-11-5-3-7-13(2)8-9(14)12-6-4-10/h11H,3,5-8H2,1-2H3,(H,12,14). The lowest BCUT2D eigenvalue weighted by atomic mass is 10.4. The summed E-state index contributed by atoms with van der Waals surface area (Å²) in [6, 6.07) is 1.86. The van der Waals surface area contributed by atoms with Crippen molar-refractivity contribution >= 4 is 5.91 Å².